The van der Waals surface area contributed by atoms with Crippen molar-refractivity contribution in [3.05, 3.63) is 17.7 Å². The Labute approximate surface area is 90.0 Å². The van der Waals surface area contributed by atoms with Gasteiger partial charge in [0, 0.05) is 12.6 Å². The van der Waals surface area contributed by atoms with Crippen molar-refractivity contribution >= 4 is 28.4 Å². The molecular formula is C9H12N2O3S. The Hall–Kier alpha value is -1.40. The van der Waals surface area contributed by atoms with Crippen LogP contribution in [0.4, 0.5) is 11.4 Å². The number of anilines is 2. The first-order valence-corrected chi connectivity index (χ1v) is 5.31. The van der Waals surface area contributed by atoms with Crippen LogP contribution in [-0.2, 0) is 15.9 Å². The molecule has 1 unspecified atom stereocenters. The van der Waals surface area contributed by atoms with Crippen molar-refractivity contribution in [2.24, 2.45) is 0 Å². The van der Waals surface area contributed by atoms with Crippen LogP contribution < -0.4 is 11.1 Å². The van der Waals surface area contributed by atoms with Crippen LogP contribution in [0.5, 0.6) is 0 Å². The third-order valence-corrected chi connectivity index (χ3v) is 2.59. The van der Waals surface area contributed by atoms with Gasteiger partial charge in [0.1, 0.15) is 0 Å². The number of carbonyl (C=O) groups excluding carboxylic acids is 1. The van der Waals surface area contributed by atoms with E-state index in [0.29, 0.717) is 11.3 Å². The molecule has 6 heteroatoms. The van der Waals surface area contributed by atoms with E-state index in [1.807, 2.05) is 0 Å². The van der Waals surface area contributed by atoms with Crippen LogP contribution in [-0.4, -0.2) is 14.7 Å². The Morgan fingerprint density at radius 1 is 1.53 bits per heavy atom. The van der Waals surface area contributed by atoms with Crippen LogP contribution in [0.2, 0.25) is 0 Å². The molecule has 0 fully saturated rings. The highest BCUT2D eigenvalue weighted by atomic mass is 32.2. The summed E-state index contributed by atoms with van der Waals surface area (Å²) >= 11 is -2.11. The summed E-state index contributed by atoms with van der Waals surface area (Å²) < 4.78 is 19.8. The lowest BCUT2D eigenvalue weighted by Gasteiger charge is -2.09. The number of rotatable bonds is 2. The summed E-state index contributed by atoms with van der Waals surface area (Å²) in [6, 6.07) is 2.96. The fraction of sp³-hybridized carbons (Fsp3) is 0.222. The van der Waals surface area contributed by atoms with Crippen LogP contribution in [0, 0.1) is 6.92 Å². The van der Waals surface area contributed by atoms with Crippen molar-refractivity contribution in [2.45, 2.75) is 18.7 Å². The third kappa shape index (κ3) is 2.77. The molecule has 15 heavy (non-hydrogen) atoms. The van der Waals surface area contributed by atoms with Gasteiger partial charge in [-0.25, -0.2) is 4.21 Å². The fourth-order valence-electron chi connectivity index (χ4n) is 1.17. The third-order valence-electron chi connectivity index (χ3n) is 1.86. The van der Waals surface area contributed by atoms with Gasteiger partial charge in [-0.05, 0) is 24.6 Å². The predicted molar refractivity (Wildman–Crippen MR) is 58.9 cm³/mol. The van der Waals surface area contributed by atoms with Crippen molar-refractivity contribution in [2.75, 3.05) is 11.1 Å². The van der Waals surface area contributed by atoms with E-state index in [1.54, 1.807) is 6.92 Å². The monoisotopic (exact) mass is 228 g/mol. The van der Waals surface area contributed by atoms with Crippen LogP contribution in [0.25, 0.3) is 0 Å². The Balaban J connectivity index is 3.19. The molecule has 0 saturated heterocycles. The summed E-state index contributed by atoms with van der Waals surface area (Å²) in [4.78, 5) is 11.0. The van der Waals surface area contributed by atoms with E-state index in [1.165, 1.54) is 19.1 Å². The number of hydrogen-bond acceptors (Lipinski definition) is 3. The van der Waals surface area contributed by atoms with Gasteiger partial charge < -0.3 is 15.6 Å². The van der Waals surface area contributed by atoms with Crippen molar-refractivity contribution in [1.82, 2.24) is 0 Å². The number of amides is 1. The molecule has 0 aromatic heterocycles. The molecule has 0 bridgehead atoms. The van der Waals surface area contributed by atoms with E-state index >= 15 is 0 Å². The molecule has 1 aromatic carbocycles. The molecule has 0 spiro atoms. The molecule has 0 radical (unpaired) electrons. The van der Waals surface area contributed by atoms with Gasteiger partial charge in [0.15, 0.2) is 11.1 Å². The standard InChI is InChI=1S/C9H12N2O3S/c1-5-3-9(15(13)14)7(10)4-8(5)11-6(2)12/h3-4H,10H2,1-2H3,(H,11,12)(H,13,14). The van der Waals surface area contributed by atoms with Gasteiger partial charge in [0.05, 0.1) is 10.6 Å². The molecule has 0 aliphatic heterocycles. The van der Waals surface area contributed by atoms with Crippen LogP contribution in [0.3, 0.4) is 0 Å². The van der Waals surface area contributed by atoms with Crippen LogP contribution in [0.1, 0.15) is 12.5 Å². The minimum Gasteiger partial charge on any atom is -0.398 e. The summed E-state index contributed by atoms with van der Waals surface area (Å²) in [5.41, 5.74) is 6.99. The average molecular weight is 228 g/mol. The first-order valence-electron chi connectivity index (χ1n) is 4.20. The first-order chi connectivity index (χ1) is 6.91. The number of carbonyl (C=O) groups is 1. The molecule has 0 saturated carbocycles. The second kappa shape index (κ2) is 4.41. The summed E-state index contributed by atoms with van der Waals surface area (Å²) in [6.45, 7) is 3.11. The van der Waals surface area contributed by atoms with Gasteiger partial charge in [-0.3, -0.25) is 4.79 Å². The molecule has 1 aromatic rings. The number of hydrogen-bond donors (Lipinski definition) is 3. The maximum Gasteiger partial charge on any atom is 0.221 e. The second-order valence-corrected chi connectivity index (χ2v) is 4.07. The van der Waals surface area contributed by atoms with Gasteiger partial charge >= 0.3 is 0 Å². The molecule has 1 atom stereocenters. The summed E-state index contributed by atoms with van der Waals surface area (Å²) in [6.07, 6.45) is 0. The number of nitrogens with two attached hydrogens (primary N) is 1. The van der Waals surface area contributed by atoms with Gasteiger partial charge in [0.25, 0.3) is 0 Å². The van der Waals surface area contributed by atoms with Gasteiger partial charge in [-0.1, -0.05) is 0 Å². The van der Waals surface area contributed by atoms with Crippen molar-refractivity contribution < 1.29 is 13.6 Å². The van der Waals surface area contributed by atoms with Gasteiger partial charge in [-0.2, -0.15) is 0 Å². The van der Waals surface area contributed by atoms with E-state index < -0.39 is 11.1 Å². The largest absolute Gasteiger partial charge is 0.398 e. The molecule has 0 aliphatic rings. The number of nitrogen functional groups attached to an aromatic ring is 1. The van der Waals surface area contributed by atoms with Crippen molar-refractivity contribution in [3.63, 3.8) is 0 Å². The zero-order valence-corrected chi connectivity index (χ0v) is 9.22. The Morgan fingerprint density at radius 3 is 2.60 bits per heavy atom. The van der Waals surface area contributed by atoms with Crippen molar-refractivity contribution in [3.8, 4) is 0 Å². The lowest BCUT2D eigenvalue weighted by atomic mass is 10.2. The highest BCUT2D eigenvalue weighted by molar-refractivity contribution is 7.79. The normalized spacial score (nSPS) is 12.2. The summed E-state index contributed by atoms with van der Waals surface area (Å²) in [5.74, 6) is -0.213. The quantitative estimate of drug-likeness (QED) is 0.522. The van der Waals surface area contributed by atoms with Crippen LogP contribution in [0.15, 0.2) is 17.0 Å². The first kappa shape index (κ1) is 11.7. The molecule has 1 amide bonds. The minimum atomic E-state index is -2.11. The fourth-order valence-corrected chi connectivity index (χ4v) is 1.71. The molecule has 0 heterocycles. The van der Waals surface area contributed by atoms with Gasteiger partial charge in [0.2, 0.25) is 5.91 Å². The highest BCUT2D eigenvalue weighted by Crippen LogP contribution is 2.24. The summed E-state index contributed by atoms with van der Waals surface area (Å²) in [5, 5.41) is 2.58. The Bertz CT molecular complexity index is 432. The maximum atomic E-state index is 10.9. The molecule has 82 valence electrons. The van der Waals surface area contributed by atoms with E-state index in [-0.39, 0.29) is 16.5 Å². The van der Waals surface area contributed by atoms with Gasteiger partial charge in [-0.15, -0.1) is 0 Å². The maximum absolute atomic E-state index is 10.9. The molecular weight excluding hydrogens is 216 g/mol. The smallest absolute Gasteiger partial charge is 0.221 e. The molecule has 4 N–H and O–H groups in total. The minimum absolute atomic E-state index is 0.154. The van der Waals surface area contributed by atoms with E-state index in [0.717, 1.165) is 0 Å². The molecule has 0 aliphatic carbocycles. The van der Waals surface area contributed by atoms with Crippen LogP contribution >= 0.6 is 0 Å². The highest BCUT2D eigenvalue weighted by Gasteiger charge is 2.09. The topological polar surface area (TPSA) is 92.4 Å². The zero-order chi connectivity index (χ0) is 11.6. The summed E-state index contributed by atoms with van der Waals surface area (Å²) in [7, 11) is 0. The lowest BCUT2D eigenvalue weighted by Crippen LogP contribution is -2.08. The number of aryl methyl sites for hydroxylation is 1. The number of benzene rings is 1. The average Bonchev–Trinajstić information content (AvgIpc) is 2.09. The lowest BCUT2D eigenvalue weighted by molar-refractivity contribution is -0.114. The van der Waals surface area contributed by atoms with E-state index in [4.69, 9.17) is 10.3 Å². The molecule has 5 nitrogen and oxygen atoms in total. The molecule has 1 rings (SSSR count). The van der Waals surface area contributed by atoms with Crippen molar-refractivity contribution in [1.29, 1.82) is 0 Å². The number of nitrogens with one attached hydrogen (secondary N) is 1. The van der Waals surface area contributed by atoms with E-state index in [2.05, 4.69) is 5.32 Å². The Morgan fingerprint density at radius 2 is 2.13 bits per heavy atom. The van der Waals surface area contributed by atoms with E-state index in [9.17, 15) is 9.00 Å². The SMILES string of the molecule is CC(=O)Nc1cc(N)c(S(=O)O)cc1C. The predicted octanol–water partition coefficient (Wildman–Crippen LogP) is 1.12. The zero-order valence-electron chi connectivity index (χ0n) is 8.40. The Kier molecular flexibility index (Phi) is 3.43. The second-order valence-electron chi connectivity index (χ2n) is 3.14.